The zero-order valence-electron chi connectivity index (χ0n) is 12.1. The number of aromatic nitrogens is 2. The van der Waals surface area contributed by atoms with E-state index in [4.69, 9.17) is 10.3 Å². The van der Waals surface area contributed by atoms with Crippen molar-refractivity contribution >= 4 is 5.69 Å². The Morgan fingerprint density at radius 2 is 2.14 bits per heavy atom. The summed E-state index contributed by atoms with van der Waals surface area (Å²) in [5, 5.41) is 4.04. The number of para-hydroxylation sites is 1. The summed E-state index contributed by atoms with van der Waals surface area (Å²) in [6.07, 6.45) is 0. The van der Waals surface area contributed by atoms with Gasteiger partial charge in [0.15, 0.2) is 5.82 Å². The molecule has 1 aromatic carbocycles. The van der Waals surface area contributed by atoms with Crippen LogP contribution in [0.5, 0.6) is 0 Å². The van der Waals surface area contributed by atoms with E-state index in [0.717, 1.165) is 19.6 Å². The third-order valence-corrected chi connectivity index (χ3v) is 3.87. The summed E-state index contributed by atoms with van der Waals surface area (Å²) in [5.41, 5.74) is 6.19. The Morgan fingerprint density at radius 3 is 2.95 bits per heavy atom. The molecular weight excluding hydrogens is 273 g/mol. The van der Waals surface area contributed by atoms with Crippen molar-refractivity contribution in [3.8, 4) is 11.5 Å². The highest BCUT2D eigenvalue weighted by Gasteiger charge is 2.28. The molecule has 1 aliphatic heterocycles. The van der Waals surface area contributed by atoms with Gasteiger partial charge in [0.2, 0.25) is 0 Å². The molecule has 0 saturated carbocycles. The molecule has 0 spiro atoms. The molecule has 1 aliphatic rings. The molecule has 2 aromatic rings. The van der Waals surface area contributed by atoms with Crippen molar-refractivity contribution in [3.63, 3.8) is 0 Å². The second-order valence-corrected chi connectivity index (χ2v) is 5.42. The average Bonchev–Trinajstić information content (AvgIpc) is 2.94. The maximum atomic E-state index is 13.5. The third kappa shape index (κ3) is 2.62. The van der Waals surface area contributed by atoms with Gasteiger partial charge in [-0.05, 0) is 26.2 Å². The third-order valence-electron chi connectivity index (χ3n) is 3.87. The molecule has 7 heteroatoms. The standard InChI is InChI=1S/C14H18FN5O/c1-19-6-7-20(2)11(8-19)13-17-14(21-18-13)9-4-3-5-10(15)12(9)16/h3-5,11H,6-8,16H2,1-2H3. The van der Waals surface area contributed by atoms with E-state index in [1.807, 2.05) is 7.05 Å². The van der Waals surface area contributed by atoms with E-state index in [9.17, 15) is 4.39 Å². The van der Waals surface area contributed by atoms with E-state index in [2.05, 4.69) is 27.0 Å². The largest absolute Gasteiger partial charge is 0.396 e. The van der Waals surface area contributed by atoms with Crippen molar-refractivity contribution in [1.29, 1.82) is 0 Å². The Bertz CT molecular complexity index is 644. The van der Waals surface area contributed by atoms with E-state index < -0.39 is 5.82 Å². The molecule has 3 rings (SSSR count). The summed E-state index contributed by atoms with van der Waals surface area (Å²) in [4.78, 5) is 8.80. The fraction of sp³-hybridized carbons (Fsp3) is 0.429. The predicted molar refractivity (Wildman–Crippen MR) is 77.0 cm³/mol. The SMILES string of the molecule is CN1CCN(C)C(c2noc(-c3cccc(F)c3N)n2)C1. The Kier molecular flexibility index (Phi) is 3.60. The van der Waals surface area contributed by atoms with Crippen molar-refractivity contribution in [2.45, 2.75) is 6.04 Å². The number of nitrogen functional groups attached to an aromatic ring is 1. The van der Waals surface area contributed by atoms with Crippen molar-refractivity contribution in [3.05, 3.63) is 29.8 Å². The Morgan fingerprint density at radius 1 is 1.33 bits per heavy atom. The fourth-order valence-corrected chi connectivity index (χ4v) is 2.49. The van der Waals surface area contributed by atoms with Crippen LogP contribution >= 0.6 is 0 Å². The van der Waals surface area contributed by atoms with Gasteiger partial charge in [-0.15, -0.1) is 0 Å². The van der Waals surface area contributed by atoms with E-state index >= 15 is 0 Å². The van der Waals surface area contributed by atoms with Gasteiger partial charge in [0.25, 0.3) is 5.89 Å². The number of hydrogen-bond acceptors (Lipinski definition) is 6. The smallest absolute Gasteiger partial charge is 0.260 e. The monoisotopic (exact) mass is 291 g/mol. The normalized spacial score (nSPS) is 20.8. The first-order valence-electron chi connectivity index (χ1n) is 6.83. The molecule has 0 aliphatic carbocycles. The molecule has 1 fully saturated rings. The van der Waals surface area contributed by atoms with Gasteiger partial charge in [-0.25, -0.2) is 4.39 Å². The highest BCUT2D eigenvalue weighted by atomic mass is 19.1. The zero-order chi connectivity index (χ0) is 15.0. The van der Waals surface area contributed by atoms with Crippen LogP contribution in [0.25, 0.3) is 11.5 Å². The number of nitrogens with zero attached hydrogens (tertiary/aromatic N) is 4. The number of benzene rings is 1. The van der Waals surface area contributed by atoms with Gasteiger partial charge in [-0.1, -0.05) is 11.2 Å². The van der Waals surface area contributed by atoms with Gasteiger partial charge < -0.3 is 15.2 Å². The molecule has 2 N–H and O–H groups in total. The molecule has 0 amide bonds. The molecule has 1 saturated heterocycles. The van der Waals surface area contributed by atoms with Crippen LogP contribution in [0.4, 0.5) is 10.1 Å². The highest BCUT2D eigenvalue weighted by Crippen LogP contribution is 2.28. The molecule has 21 heavy (non-hydrogen) atoms. The molecule has 2 heterocycles. The van der Waals surface area contributed by atoms with Crippen molar-refractivity contribution < 1.29 is 8.91 Å². The summed E-state index contributed by atoms with van der Waals surface area (Å²) in [6, 6.07) is 4.62. The minimum atomic E-state index is -0.484. The van der Waals surface area contributed by atoms with Crippen LogP contribution in [0, 0.1) is 5.82 Å². The summed E-state index contributed by atoms with van der Waals surface area (Å²) in [6.45, 7) is 2.77. The maximum Gasteiger partial charge on any atom is 0.260 e. The van der Waals surface area contributed by atoms with Crippen molar-refractivity contribution in [1.82, 2.24) is 19.9 Å². The molecule has 6 nitrogen and oxygen atoms in total. The molecule has 1 atom stereocenters. The molecule has 0 bridgehead atoms. The van der Waals surface area contributed by atoms with E-state index in [1.54, 1.807) is 12.1 Å². The van der Waals surface area contributed by atoms with Gasteiger partial charge in [0, 0.05) is 19.6 Å². The first-order chi connectivity index (χ1) is 10.1. The first kappa shape index (κ1) is 14.0. The summed E-state index contributed by atoms with van der Waals surface area (Å²) in [7, 11) is 4.09. The van der Waals surface area contributed by atoms with Gasteiger partial charge in [0.1, 0.15) is 5.82 Å². The number of halogens is 1. The molecule has 1 unspecified atom stereocenters. The van der Waals surface area contributed by atoms with Crippen LogP contribution in [0.3, 0.4) is 0 Å². The predicted octanol–water partition coefficient (Wildman–Crippen LogP) is 1.38. The number of likely N-dealkylation sites (N-methyl/N-ethyl adjacent to an activating group) is 2. The number of hydrogen-bond donors (Lipinski definition) is 1. The average molecular weight is 291 g/mol. The zero-order valence-corrected chi connectivity index (χ0v) is 12.1. The lowest BCUT2D eigenvalue weighted by molar-refractivity contribution is 0.108. The second-order valence-electron chi connectivity index (χ2n) is 5.42. The summed E-state index contributed by atoms with van der Waals surface area (Å²) >= 11 is 0. The quantitative estimate of drug-likeness (QED) is 0.843. The number of nitrogens with two attached hydrogens (primary N) is 1. The van der Waals surface area contributed by atoms with Crippen LogP contribution in [-0.4, -0.2) is 53.7 Å². The topological polar surface area (TPSA) is 71.4 Å². The second kappa shape index (κ2) is 5.42. The molecular formula is C14H18FN5O. The van der Waals surface area contributed by atoms with Gasteiger partial charge in [-0.2, -0.15) is 4.98 Å². The minimum Gasteiger partial charge on any atom is -0.396 e. The first-order valence-corrected chi connectivity index (χ1v) is 6.83. The lowest BCUT2D eigenvalue weighted by atomic mass is 10.1. The number of anilines is 1. The molecule has 112 valence electrons. The van der Waals surface area contributed by atoms with Crippen LogP contribution < -0.4 is 5.73 Å². The Balaban J connectivity index is 1.91. The van der Waals surface area contributed by atoms with E-state index in [0.29, 0.717) is 11.4 Å². The highest BCUT2D eigenvalue weighted by molar-refractivity contribution is 5.70. The summed E-state index contributed by atoms with van der Waals surface area (Å²) < 4.78 is 18.8. The minimum absolute atomic E-state index is 0.0295. The number of piperazine rings is 1. The van der Waals surface area contributed by atoms with E-state index in [1.165, 1.54) is 6.07 Å². The Labute approximate surface area is 122 Å². The lowest BCUT2D eigenvalue weighted by Gasteiger charge is -2.35. The lowest BCUT2D eigenvalue weighted by Crippen LogP contribution is -2.45. The van der Waals surface area contributed by atoms with Crippen molar-refractivity contribution in [2.75, 3.05) is 39.5 Å². The van der Waals surface area contributed by atoms with Gasteiger partial charge in [-0.3, -0.25) is 4.90 Å². The fourth-order valence-electron chi connectivity index (χ4n) is 2.49. The molecule has 0 radical (unpaired) electrons. The summed E-state index contributed by atoms with van der Waals surface area (Å²) in [5.74, 6) is 0.369. The van der Waals surface area contributed by atoms with Crippen LogP contribution in [-0.2, 0) is 0 Å². The Hall–Kier alpha value is -1.99. The molecule has 1 aromatic heterocycles. The van der Waals surface area contributed by atoms with Gasteiger partial charge in [0.05, 0.1) is 17.3 Å². The number of rotatable bonds is 2. The maximum absolute atomic E-state index is 13.5. The van der Waals surface area contributed by atoms with Crippen LogP contribution in [0.1, 0.15) is 11.9 Å². The van der Waals surface area contributed by atoms with Gasteiger partial charge >= 0.3 is 0 Å². The van der Waals surface area contributed by atoms with E-state index in [-0.39, 0.29) is 17.6 Å². The van der Waals surface area contributed by atoms with Crippen molar-refractivity contribution in [2.24, 2.45) is 0 Å². The van der Waals surface area contributed by atoms with Crippen LogP contribution in [0.2, 0.25) is 0 Å². The van der Waals surface area contributed by atoms with Crippen LogP contribution in [0.15, 0.2) is 22.7 Å².